The lowest BCUT2D eigenvalue weighted by Gasteiger charge is -2.15. The molecule has 19 heavy (non-hydrogen) atoms. The van der Waals surface area contributed by atoms with Crippen LogP contribution in [0.1, 0.15) is 5.56 Å². The average Bonchev–Trinajstić information content (AvgIpc) is 2.32. The van der Waals surface area contributed by atoms with Gasteiger partial charge in [0.2, 0.25) is 0 Å². The molecule has 0 aliphatic heterocycles. The van der Waals surface area contributed by atoms with Gasteiger partial charge in [-0.3, -0.25) is 4.79 Å². The highest BCUT2D eigenvalue weighted by atomic mass is 19.4. The molecule has 0 atom stereocenters. The summed E-state index contributed by atoms with van der Waals surface area (Å²) < 4.78 is 49.5. The van der Waals surface area contributed by atoms with Gasteiger partial charge in [0.05, 0.1) is 32.4 Å². The standard InChI is InChI=1S/C10H10F3NO5/c1-17-7(16)3-5-6(15)4-14-9(18-2)8(5)19-10(11,12)13/h4,15H,3H2,1-2H3. The van der Waals surface area contributed by atoms with Gasteiger partial charge in [-0.2, -0.15) is 0 Å². The number of alkyl halides is 3. The van der Waals surface area contributed by atoms with Gasteiger partial charge >= 0.3 is 12.3 Å². The molecular weight excluding hydrogens is 271 g/mol. The van der Waals surface area contributed by atoms with Crippen LogP contribution in [-0.2, 0) is 16.0 Å². The molecule has 0 bridgehead atoms. The van der Waals surface area contributed by atoms with Crippen LogP contribution in [0.3, 0.4) is 0 Å². The zero-order valence-electron chi connectivity index (χ0n) is 9.95. The summed E-state index contributed by atoms with van der Waals surface area (Å²) in [7, 11) is 2.13. The van der Waals surface area contributed by atoms with E-state index in [2.05, 4.69) is 19.2 Å². The second-order valence-corrected chi connectivity index (χ2v) is 3.26. The molecule has 9 heteroatoms. The molecule has 1 N–H and O–H groups in total. The van der Waals surface area contributed by atoms with E-state index < -0.39 is 41.7 Å². The van der Waals surface area contributed by atoms with Crippen molar-refractivity contribution in [2.75, 3.05) is 14.2 Å². The molecule has 0 aliphatic carbocycles. The number of hydrogen-bond donors (Lipinski definition) is 1. The second-order valence-electron chi connectivity index (χ2n) is 3.26. The van der Waals surface area contributed by atoms with Gasteiger partial charge in [-0.1, -0.05) is 0 Å². The van der Waals surface area contributed by atoms with Crippen LogP contribution in [0, 0.1) is 0 Å². The van der Waals surface area contributed by atoms with Crippen molar-refractivity contribution in [3.8, 4) is 17.4 Å². The third-order valence-electron chi connectivity index (χ3n) is 2.04. The minimum atomic E-state index is -5.02. The Morgan fingerprint density at radius 1 is 1.42 bits per heavy atom. The van der Waals surface area contributed by atoms with E-state index >= 15 is 0 Å². The number of halogens is 3. The Morgan fingerprint density at radius 2 is 2.05 bits per heavy atom. The number of aromatic nitrogens is 1. The molecule has 0 radical (unpaired) electrons. The van der Waals surface area contributed by atoms with Crippen molar-refractivity contribution in [2.24, 2.45) is 0 Å². The molecule has 1 heterocycles. The van der Waals surface area contributed by atoms with Crippen molar-refractivity contribution < 1.29 is 37.3 Å². The van der Waals surface area contributed by atoms with Crippen LogP contribution in [0.25, 0.3) is 0 Å². The number of carbonyl (C=O) groups excluding carboxylic acids is 1. The van der Waals surface area contributed by atoms with Gasteiger partial charge in [0.1, 0.15) is 5.75 Å². The van der Waals surface area contributed by atoms with Crippen LogP contribution in [-0.4, -0.2) is 36.6 Å². The second kappa shape index (κ2) is 5.63. The van der Waals surface area contributed by atoms with Gasteiger partial charge in [-0.05, 0) is 0 Å². The molecule has 0 saturated carbocycles. The van der Waals surface area contributed by atoms with Crippen molar-refractivity contribution in [3.05, 3.63) is 11.8 Å². The Kier molecular flexibility index (Phi) is 4.41. The Bertz CT molecular complexity index is 475. The lowest BCUT2D eigenvalue weighted by atomic mass is 10.1. The third kappa shape index (κ3) is 3.90. The number of rotatable bonds is 4. The summed E-state index contributed by atoms with van der Waals surface area (Å²) in [6.07, 6.45) is -4.79. The van der Waals surface area contributed by atoms with Crippen LogP contribution in [0.2, 0.25) is 0 Å². The SMILES string of the molecule is COC(=O)Cc1c(O)cnc(OC)c1OC(F)(F)F. The molecule has 106 valence electrons. The number of pyridine rings is 1. The van der Waals surface area contributed by atoms with Crippen molar-refractivity contribution in [1.29, 1.82) is 0 Å². The maximum Gasteiger partial charge on any atom is 0.573 e. The highest BCUT2D eigenvalue weighted by molar-refractivity contribution is 5.75. The smallest absolute Gasteiger partial charge is 0.506 e. The molecule has 6 nitrogen and oxygen atoms in total. The highest BCUT2D eigenvalue weighted by Gasteiger charge is 2.35. The van der Waals surface area contributed by atoms with Gasteiger partial charge < -0.3 is 19.3 Å². The quantitative estimate of drug-likeness (QED) is 0.841. The van der Waals surface area contributed by atoms with Gasteiger partial charge in [-0.25, -0.2) is 4.98 Å². The maximum absolute atomic E-state index is 12.3. The largest absolute Gasteiger partial charge is 0.573 e. The number of esters is 1. The summed E-state index contributed by atoms with van der Waals surface area (Å²) in [4.78, 5) is 14.5. The van der Waals surface area contributed by atoms with Crippen LogP contribution in [0.4, 0.5) is 13.2 Å². The number of nitrogens with zero attached hydrogens (tertiary/aromatic N) is 1. The minimum Gasteiger partial charge on any atom is -0.506 e. The predicted molar refractivity (Wildman–Crippen MR) is 54.9 cm³/mol. The molecule has 0 saturated heterocycles. The van der Waals surface area contributed by atoms with E-state index in [1.807, 2.05) is 0 Å². The van der Waals surface area contributed by atoms with Gasteiger partial charge in [-0.15, -0.1) is 13.2 Å². The van der Waals surface area contributed by atoms with Crippen molar-refractivity contribution in [3.63, 3.8) is 0 Å². The number of ether oxygens (including phenoxy) is 3. The lowest BCUT2D eigenvalue weighted by molar-refractivity contribution is -0.275. The zero-order chi connectivity index (χ0) is 14.6. The molecule has 0 unspecified atom stereocenters. The third-order valence-corrected chi connectivity index (χ3v) is 2.04. The van der Waals surface area contributed by atoms with E-state index in [0.717, 1.165) is 20.4 Å². The average molecular weight is 281 g/mol. The summed E-state index contributed by atoms with van der Waals surface area (Å²) in [5.74, 6) is -2.87. The van der Waals surface area contributed by atoms with Crippen LogP contribution >= 0.6 is 0 Å². The fourth-order valence-electron chi connectivity index (χ4n) is 1.26. The first-order valence-electron chi connectivity index (χ1n) is 4.86. The minimum absolute atomic E-state index is 0.420. The van der Waals surface area contributed by atoms with Crippen molar-refractivity contribution in [2.45, 2.75) is 12.8 Å². The molecule has 1 aromatic heterocycles. The molecule has 1 rings (SSSR count). The first-order chi connectivity index (χ1) is 8.78. The molecule has 0 fully saturated rings. The van der Waals surface area contributed by atoms with Crippen LogP contribution < -0.4 is 9.47 Å². The van der Waals surface area contributed by atoms with E-state index in [-0.39, 0.29) is 0 Å². The monoisotopic (exact) mass is 281 g/mol. The summed E-state index contributed by atoms with van der Waals surface area (Å²) in [6, 6.07) is 0. The Morgan fingerprint density at radius 3 is 2.53 bits per heavy atom. The van der Waals surface area contributed by atoms with E-state index in [0.29, 0.717) is 0 Å². The first-order valence-corrected chi connectivity index (χ1v) is 4.86. The van der Waals surface area contributed by atoms with Crippen molar-refractivity contribution >= 4 is 5.97 Å². The number of methoxy groups -OCH3 is 2. The van der Waals surface area contributed by atoms with E-state index in [9.17, 15) is 23.1 Å². The predicted octanol–water partition coefficient (Wildman–Crippen LogP) is 1.41. The molecule has 0 aliphatic rings. The fourth-order valence-corrected chi connectivity index (χ4v) is 1.26. The summed E-state index contributed by atoms with van der Waals surface area (Å²) in [5.41, 5.74) is -0.420. The molecule has 1 aromatic rings. The van der Waals surface area contributed by atoms with Crippen LogP contribution in [0.15, 0.2) is 6.20 Å². The molecule has 0 amide bonds. The summed E-state index contributed by atoms with van der Waals surface area (Å²) >= 11 is 0. The number of aromatic hydroxyl groups is 1. The molecule has 0 aromatic carbocycles. The maximum atomic E-state index is 12.3. The number of hydrogen-bond acceptors (Lipinski definition) is 6. The molecule has 0 spiro atoms. The normalized spacial score (nSPS) is 11.0. The lowest BCUT2D eigenvalue weighted by Crippen LogP contribution is -2.20. The van der Waals surface area contributed by atoms with E-state index in [1.165, 1.54) is 0 Å². The Labute approximate surface area is 105 Å². The first kappa shape index (κ1) is 14.9. The summed E-state index contributed by atoms with van der Waals surface area (Å²) in [6.45, 7) is 0. The van der Waals surface area contributed by atoms with E-state index in [1.54, 1.807) is 0 Å². The van der Waals surface area contributed by atoms with Gasteiger partial charge in [0.25, 0.3) is 5.88 Å². The van der Waals surface area contributed by atoms with Gasteiger partial charge in [0.15, 0.2) is 5.75 Å². The Hall–Kier alpha value is -2.19. The Balaban J connectivity index is 3.28. The topological polar surface area (TPSA) is 77.9 Å². The van der Waals surface area contributed by atoms with Crippen molar-refractivity contribution in [1.82, 2.24) is 4.98 Å². The highest BCUT2D eigenvalue weighted by Crippen LogP contribution is 2.38. The fraction of sp³-hybridized carbons (Fsp3) is 0.400. The zero-order valence-corrected chi connectivity index (χ0v) is 9.95. The number of carbonyl (C=O) groups is 1. The van der Waals surface area contributed by atoms with Crippen LogP contribution in [0.5, 0.6) is 17.4 Å². The van der Waals surface area contributed by atoms with Gasteiger partial charge in [0, 0.05) is 0 Å². The molecular formula is C10H10F3NO5. The van der Waals surface area contributed by atoms with E-state index in [4.69, 9.17) is 0 Å². The summed E-state index contributed by atoms with van der Waals surface area (Å²) in [5, 5.41) is 9.48.